The topological polar surface area (TPSA) is 98.3 Å². The molecule has 1 aromatic carbocycles. The molecule has 0 spiro atoms. The molecule has 1 rings (SSSR count). The van der Waals surface area contributed by atoms with E-state index < -0.39 is 10.3 Å². The molecule has 7 heteroatoms. The Kier molecular flexibility index (Phi) is 5.64. The fraction of sp³-hybridized carbons (Fsp3) is 0.462. The van der Waals surface area contributed by atoms with Gasteiger partial charge >= 0.3 is 0 Å². The highest BCUT2D eigenvalue weighted by Crippen LogP contribution is 2.31. The maximum Gasteiger partial charge on any atom is 0.293 e. The van der Waals surface area contributed by atoms with Crippen molar-refractivity contribution in [3.63, 3.8) is 0 Å². The molecule has 0 aliphatic heterocycles. The summed E-state index contributed by atoms with van der Waals surface area (Å²) >= 11 is 3.17. The summed E-state index contributed by atoms with van der Waals surface area (Å²) in [5, 5.41) is 13.7. The van der Waals surface area contributed by atoms with Gasteiger partial charge in [0.15, 0.2) is 0 Å². The average molecular weight is 344 g/mol. The quantitative estimate of drug-likeness (QED) is 0.612. The van der Waals surface area contributed by atoms with Crippen LogP contribution in [0.15, 0.2) is 22.7 Å². The van der Waals surface area contributed by atoms with Gasteiger partial charge in [0.25, 0.3) is 5.69 Å². The fourth-order valence-corrected chi connectivity index (χ4v) is 2.32. The van der Waals surface area contributed by atoms with Crippen molar-refractivity contribution >= 4 is 33.2 Å². The summed E-state index contributed by atoms with van der Waals surface area (Å²) in [4.78, 5) is 22.9. The first-order valence-corrected chi connectivity index (χ1v) is 7.15. The molecule has 0 saturated carbocycles. The van der Waals surface area contributed by atoms with Crippen molar-refractivity contribution in [1.82, 2.24) is 0 Å². The van der Waals surface area contributed by atoms with Crippen molar-refractivity contribution in [3.05, 3.63) is 32.8 Å². The summed E-state index contributed by atoms with van der Waals surface area (Å²) in [6.45, 7) is 3.97. The van der Waals surface area contributed by atoms with Gasteiger partial charge in [0.2, 0.25) is 5.91 Å². The number of nitro benzene ring substituents is 1. The van der Waals surface area contributed by atoms with Crippen LogP contribution in [0.2, 0.25) is 0 Å². The van der Waals surface area contributed by atoms with Crippen molar-refractivity contribution in [2.45, 2.75) is 26.7 Å². The Balaban J connectivity index is 3.10. The Morgan fingerprint density at radius 2 is 2.05 bits per heavy atom. The third-order valence-electron chi connectivity index (χ3n) is 3.63. The normalized spacial score (nSPS) is 11.2. The second kappa shape index (κ2) is 6.81. The maximum absolute atomic E-state index is 12.4. The molecular weight excluding hydrogens is 326 g/mol. The minimum atomic E-state index is -0.694. The van der Waals surface area contributed by atoms with Gasteiger partial charge in [-0.05, 0) is 25.0 Å². The molecule has 0 aliphatic rings. The third kappa shape index (κ3) is 3.34. The van der Waals surface area contributed by atoms with E-state index in [9.17, 15) is 14.9 Å². The highest BCUT2D eigenvalue weighted by atomic mass is 79.9. The van der Waals surface area contributed by atoms with Crippen molar-refractivity contribution < 1.29 is 9.72 Å². The molecule has 0 bridgehead atoms. The first-order chi connectivity index (χ1) is 9.40. The number of amides is 1. The average Bonchev–Trinajstić information content (AvgIpc) is 2.43. The second-order valence-corrected chi connectivity index (χ2v) is 5.48. The number of nitrogens with zero attached hydrogens (tertiary/aromatic N) is 1. The molecule has 0 saturated heterocycles. The predicted octanol–water partition coefficient (Wildman–Crippen LogP) is 3.06. The van der Waals surface area contributed by atoms with E-state index in [1.807, 2.05) is 13.8 Å². The van der Waals surface area contributed by atoms with Crippen LogP contribution >= 0.6 is 15.9 Å². The summed E-state index contributed by atoms with van der Waals surface area (Å²) in [7, 11) is 0. The third-order valence-corrected chi connectivity index (χ3v) is 4.12. The second-order valence-electron chi connectivity index (χ2n) is 4.56. The van der Waals surface area contributed by atoms with Gasteiger partial charge < -0.3 is 11.1 Å². The summed E-state index contributed by atoms with van der Waals surface area (Å²) in [5.74, 6) is -0.282. The Morgan fingerprint density at radius 1 is 1.45 bits per heavy atom. The highest BCUT2D eigenvalue weighted by Gasteiger charge is 2.34. The zero-order chi connectivity index (χ0) is 15.3. The first-order valence-electron chi connectivity index (χ1n) is 6.35. The van der Waals surface area contributed by atoms with Crippen LogP contribution in [0.5, 0.6) is 0 Å². The van der Waals surface area contributed by atoms with Crippen molar-refractivity contribution in [2.24, 2.45) is 11.1 Å². The van der Waals surface area contributed by atoms with Gasteiger partial charge in [-0.3, -0.25) is 14.9 Å². The van der Waals surface area contributed by atoms with Gasteiger partial charge in [0.1, 0.15) is 5.69 Å². The molecular formula is C13H18BrN3O3. The van der Waals surface area contributed by atoms with Gasteiger partial charge in [-0.15, -0.1) is 0 Å². The van der Waals surface area contributed by atoms with Crippen LogP contribution in [0.25, 0.3) is 0 Å². The lowest BCUT2D eigenvalue weighted by atomic mass is 9.81. The monoisotopic (exact) mass is 343 g/mol. The van der Waals surface area contributed by atoms with Gasteiger partial charge in [-0.25, -0.2) is 0 Å². The first kappa shape index (κ1) is 16.6. The lowest BCUT2D eigenvalue weighted by Gasteiger charge is -2.28. The summed E-state index contributed by atoms with van der Waals surface area (Å²) in [6, 6.07) is 4.51. The van der Waals surface area contributed by atoms with E-state index in [0.717, 1.165) is 0 Å². The van der Waals surface area contributed by atoms with Gasteiger partial charge in [-0.2, -0.15) is 0 Å². The number of nitro groups is 1. The number of hydrogen-bond donors (Lipinski definition) is 2. The number of nitrogens with one attached hydrogen (secondary N) is 1. The van der Waals surface area contributed by atoms with E-state index >= 15 is 0 Å². The zero-order valence-corrected chi connectivity index (χ0v) is 13.1. The smallest absolute Gasteiger partial charge is 0.293 e. The van der Waals surface area contributed by atoms with Gasteiger partial charge in [0.05, 0.1) is 10.3 Å². The molecule has 0 fully saturated rings. The van der Waals surface area contributed by atoms with Crippen LogP contribution in [0.3, 0.4) is 0 Å². The number of nitrogens with two attached hydrogens (primary N) is 1. The molecule has 0 aromatic heterocycles. The van der Waals surface area contributed by atoms with E-state index in [-0.39, 0.29) is 23.8 Å². The Labute approximate surface area is 126 Å². The SMILES string of the molecule is CCC(CC)(CN)C(=O)Nc1ccc(Br)cc1[N+](=O)[O-]. The van der Waals surface area contributed by atoms with E-state index in [0.29, 0.717) is 17.3 Å². The van der Waals surface area contributed by atoms with Crippen LogP contribution < -0.4 is 11.1 Å². The molecule has 20 heavy (non-hydrogen) atoms. The highest BCUT2D eigenvalue weighted by molar-refractivity contribution is 9.10. The lowest BCUT2D eigenvalue weighted by molar-refractivity contribution is -0.384. The van der Waals surface area contributed by atoms with E-state index in [4.69, 9.17) is 5.73 Å². The fourth-order valence-electron chi connectivity index (χ4n) is 1.97. The number of benzene rings is 1. The minimum absolute atomic E-state index is 0.147. The van der Waals surface area contributed by atoms with Crippen molar-refractivity contribution in [3.8, 4) is 0 Å². The van der Waals surface area contributed by atoms with Crippen molar-refractivity contribution in [2.75, 3.05) is 11.9 Å². The molecule has 6 nitrogen and oxygen atoms in total. The molecule has 1 aromatic rings. The van der Waals surface area contributed by atoms with Gasteiger partial charge in [-0.1, -0.05) is 29.8 Å². The number of hydrogen-bond acceptors (Lipinski definition) is 4. The Morgan fingerprint density at radius 3 is 2.50 bits per heavy atom. The largest absolute Gasteiger partial charge is 0.329 e. The number of carbonyl (C=O) groups is 1. The molecule has 110 valence electrons. The summed E-state index contributed by atoms with van der Waals surface area (Å²) < 4.78 is 0.582. The molecule has 0 radical (unpaired) electrons. The number of anilines is 1. The van der Waals surface area contributed by atoms with E-state index in [1.54, 1.807) is 6.07 Å². The molecule has 0 unspecified atom stereocenters. The molecule has 0 aliphatic carbocycles. The van der Waals surface area contributed by atoms with Crippen LogP contribution in [-0.2, 0) is 4.79 Å². The number of carbonyl (C=O) groups excluding carboxylic acids is 1. The maximum atomic E-state index is 12.4. The van der Waals surface area contributed by atoms with Crippen LogP contribution in [-0.4, -0.2) is 17.4 Å². The van der Waals surface area contributed by atoms with Crippen LogP contribution in [0.1, 0.15) is 26.7 Å². The lowest BCUT2D eigenvalue weighted by Crippen LogP contribution is -2.41. The molecule has 0 heterocycles. The van der Waals surface area contributed by atoms with E-state index in [2.05, 4.69) is 21.2 Å². The zero-order valence-electron chi connectivity index (χ0n) is 11.5. The van der Waals surface area contributed by atoms with E-state index in [1.165, 1.54) is 12.1 Å². The summed E-state index contributed by atoms with van der Waals surface area (Å²) in [5.41, 5.74) is 5.05. The minimum Gasteiger partial charge on any atom is -0.329 e. The van der Waals surface area contributed by atoms with Crippen LogP contribution in [0, 0.1) is 15.5 Å². The van der Waals surface area contributed by atoms with Gasteiger partial charge in [0, 0.05) is 17.1 Å². The molecule has 3 N–H and O–H groups in total. The standard InChI is InChI=1S/C13H18BrN3O3/c1-3-13(4-2,8-15)12(18)16-10-6-5-9(14)7-11(10)17(19)20/h5-7H,3-4,8,15H2,1-2H3,(H,16,18). The number of halogens is 1. The number of rotatable bonds is 6. The summed E-state index contributed by atoms with van der Waals surface area (Å²) in [6.07, 6.45) is 1.16. The van der Waals surface area contributed by atoms with Crippen molar-refractivity contribution in [1.29, 1.82) is 0 Å². The Hall–Kier alpha value is -1.47. The molecule has 1 amide bonds. The predicted molar refractivity (Wildman–Crippen MR) is 81.5 cm³/mol. The Bertz CT molecular complexity index is 507. The van der Waals surface area contributed by atoms with Crippen LogP contribution in [0.4, 0.5) is 11.4 Å². The molecule has 0 atom stereocenters.